The number of aromatic hydroxyl groups is 2. The highest BCUT2D eigenvalue weighted by atomic mass is 16.7. The molecule has 5 bridgehead atoms. The van der Waals surface area contributed by atoms with Crippen LogP contribution in [-0.4, -0.2) is 104 Å². The molecule has 6 N–H and O–H groups in total. The van der Waals surface area contributed by atoms with E-state index in [1.54, 1.807) is 52.8 Å². The number of anilines is 1. The number of phenolic OH excluding ortho intramolecular Hbond substituents is 2. The number of fused-ring (bicyclic) bond motifs is 13. The summed E-state index contributed by atoms with van der Waals surface area (Å²) < 4.78 is 17.8. The smallest absolute Gasteiger partial charge is 0.312 e. The van der Waals surface area contributed by atoms with Crippen molar-refractivity contribution in [3.05, 3.63) is 58.0 Å². The Morgan fingerprint density at radius 1 is 0.950 bits per heavy atom. The zero-order valence-corrected chi connectivity index (χ0v) is 36.1. The number of ether oxygens (including phenoxy) is 3. The second-order valence-electron chi connectivity index (χ2n) is 17.7. The summed E-state index contributed by atoms with van der Waals surface area (Å²) in [6, 6.07) is 0. The van der Waals surface area contributed by atoms with Gasteiger partial charge in [-0.1, -0.05) is 59.8 Å². The third kappa shape index (κ3) is 8.16. The first-order chi connectivity index (χ1) is 28.1. The molecule has 326 valence electrons. The zero-order valence-electron chi connectivity index (χ0n) is 36.1. The van der Waals surface area contributed by atoms with Gasteiger partial charge in [-0.3, -0.25) is 24.4 Å². The Morgan fingerprint density at radius 3 is 2.23 bits per heavy atom. The lowest BCUT2D eigenvalue weighted by molar-refractivity contribution is -0.159. The molecule has 1 spiro atoms. The highest BCUT2D eigenvalue weighted by Gasteiger charge is 2.50. The molecule has 60 heavy (non-hydrogen) atoms. The summed E-state index contributed by atoms with van der Waals surface area (Å²) in [4.78, 5) is 53.3. The highest BCUT2D eigenvalue weighted by Crippen LogP contribution is 2.50. The molecular weight excluding hydrogens is 773 g/mol. The van der Waals surface area contributed by atoms with Gasteiger partial charge in [-0.15, -0.1) is 0 Å². The van der Waals surface area contributed by atoms with Crippen molar-refractivity contribution in [3.63, 3.8) is 0 Å². The molecule has 1 saturated heterocycles. The van der Waals surface area contributed by atoms with E-state index in [-0.39, 0.29) is 49.6 Å². The summed E-state index contributed by atoms with van der Waals surface area (Å²) >= 11 is 0. The van der Waals surface area contributed by atoms with Gasteiger partial charge < -0.3 is 50.0 Å². The summed E-state index contributed by atoms with van der Waals surface area (Å²) in [5.41, 5.74) is -0.676. The van der Waals surface area contributed by atoms with Gasteiger partial charge in [0.2, 0.25) is 0 Å². The van der Waals surface area contributed by atoms with Crippen LogP contribution in [0.2, 0.25) is 0 Å². The maximum atomic E-state index is 14.6. The number of nitrogens with one attached hydrogen (secondary N) is 1. The van der Waals surface area contributed by atoms with Crippen molar-refractivity contribution < 1.29 is 54.1 Å². The van der Waals surface area contributed by atoms with E-state index in [1.807, 2.05) is 0 Å². The fourth-order valence-electron chi connectivity index (χ4n) is 8.92. The van der Waals surface area contributed by atoms with Gasteiger partial charge in [0, 0.05) is 86.5 Å². The molecule has 5 aliphatic rings. The van der Waals surface area contributed by atoms with Crippen molar-refractivity contribution in [2.75, 3.05) is 25.0 Å². The number of amides is 1. The molecule has 1 amide bonds. The van der Waals surface area contributed by atoms with Gasteiger partial charge in [-0.2, -0.15) is 0 Å². The molecule has 5 aliphatic heterocycles. The largest absolute Gasteiger partial charge is 0.507 e. The number of aliphatic hydroxyl groups excluding tert-OH is 3. The fraction of sp³-hybridized carbons (Fsp3) is 0.578. The molecule has 9 atom stereocenters. The number of hydrogen-bond acceptors (Lipinski definition) is 14. The first-order valence-corrected chi connectivity index (χ1v) is 20.8. The molecule has 5 heterocycles. The Kier molecular flexibility index (Phi) is 12.6. The number of carbonyl (C=O) groups is 3. The van der Waals surface area contributed by atoms with Crippen LogP contribution in [0, 0.1) is 36.5 Å². The predicted molar refractivity (Wildman–Crippen MR) is 223 cm³/mol. The average Bonchev–Trinajstić information content (AvgIpc) is 3.69. The number of Topliss-reactive ketones (excluding diaryl/α,β-unsaturated/α-hetero) is 1. The summed E-state index contributed by atoms with van der Waals surface area (Å²) in [5.74, 6) is -7.08. The third-order valence-electron chi connectivity index (χ3n) is 12.6. The van der Waals surface area contributed by atoms with Crippen LogP contribution in [0.5, 0.6) is 17.2 Å². The number of rotatable bonds is 3. The van der Waals surface area contributed by atoms with Crippen LogP contribution in [0.25, 0.3) is 10.8 Å². The number of esters is 1. The van der Waals surface area contributed by atoms with Crippen LogP contribution < -0.4 is 20.8 Å². The molecule has 0 saturated carbocycles. The van der Waals surface area contributed by atoms with Crippen molar-refractivity contribution in [2.45, 2.75) is 118 Å². The number of ketones is 1. The number of nitrogens with zero attached hydrogens (tertiary/aromatic N) is 3. The number of aliphatic hydroxyl groups is 3. The van der Waals surface area contributed by atoms with Gasteiger partial charge in [0.1, 0.15) is 28.6 Å². The van der Waals surface area contributed by atoms with Crippen LogP contribution in [0.3, 0.4) is 0 Å². The van der Waals surface area contributed by atoms with Gasteiger partial charge in [-0.05, 0) is 25.8 Å². The van der Waals surface area contributed by atoms with Crippen LogP contribution in [-0.2, 0) is 19.1 Å². The standard InChI is InChI=1S/C45H60N4O11/c1-21(2)20-49-17-15-45(16-18-49)47-33-30-31-38(54)27(8)41-32(30)42(56)44(10,60-41)58-19-14-29(51)24(5)40(59-28(9)50)26(7)37(53)25(6)36(52)22(3)12-11-13-23(4)43(57)46-35(39(31)55)34(33)48-45/h11-14,19,21-22,24-26,29,36-37,40,51-55H,15-18,20H2,1-10H3,(H,46,57)/b12-11-,19-14-,23-13-/t22-,24+,25+,26+,29-,36-,37+,40+,44-/m0/s1. The lowest BCUT2D eigenvalue weighted by atomic mass is 9.78. The number of hydrogen-bond donors (Lipinski definition) is 6. The monoisotopic (exact) mass is 832 g/mol. The normalized spacial score (nSPS) is 33.0. The summed E-state index contributed by atoms with van der Waals surface area (Å²) in [5, 5.41) is 61.1. The predicted octanol–water partition coefficient (Wildman–Crippen LogP) is 4.10. The summed E-state index contributed by atoms with van der Waals surface area (Å²) in [6.45, 7) is 19.0. The number of benzene rings is 2. The number of likely N-dealkylation sites (tertiary alicyclic amines) is 1. The van der Waals surface area contributed by atoms with E-state index in [2.05, 4.69) is 24.1 Å². The Bertz CT molecular complexity index is 2280. The number of carbonyl (C=O) groups excluding carboxylic acids is 3. The van der Waals surface area contributed by atoms with E-state index in [9.17, 15) is 39.9 Å². The van der Waals surface area contributed by atoms with Gasteiger partial charge >= 0.3 is 11.8 Å². The lowest BCUT2D eigenvalue weighted by Gasteiger charge is -2.37. The molecule has 7 rings (SSSR count). The fourth-order valence-corrected chi connectivity index (χ4v) is 8.92. The molecule has 0 radical (unpaired) electrons. The second kappa shape index (κ2) is 16.9. The zero-order chi connectivity index (χ0) is 44.2. The Balaban J connectivity index is 1.53. The van der Waals surface area contributed by atoms with Crippen LogP contribution in [0.1, 0.15) is 91.1 Å². The van der Waals surface area contributed by atoms with Crippen LogP contribution >= 0.6 is 0 Å². The highest BCUT2D eigenvalue weighted by molar-refractivity contribution is 6.19. The van der Waals surface area contributed by atoms with E-state index in [1.165, 1.54) is 26.8 Å². The minimum absolute atomic E-state index is 0.00150. The third-order valence-corrected chi connectivity index (χ3v) is 12.6. The first-order valence-electron chi connectivity index (χ1n) is 20.8. The lowest BCUT2D eigenvalue weighted by Crippen LogP contribution is -2.46. The first kappa shape index (κ1) is 44.7. The van der Waals surface area contributed by atoms with Crippen molar-refractivity contribution >= 4 is 34.1 Å². The summed E-state index contributed by atoms with van der Waals surface area (Å²) in [6.07, 6.45) is 3.75. The van der Waals surface area contributed by atoms with E-state index in [4.69, 9.17) is 24.2 Å². The van der Waals surface area contributed by atoms with Gasteiger partial charge in [0.05, 0.1) is 40.9 Å². The minimum Gasteiger partial charge on any atom is -0.507 e. The Hall–Kier alpha value is -4.83. The molecule has 2 aromatic rings. The number of phenols is 2. The maximum Gasteiger partial charge on any atom is 0.312 e. The molecule has 1 fully saturated rings. The van der Waals surface area contributed by atoms with Crippen molar-refractivity contribution in [2.24, 2.45) is 39.6 Å². The molecular formula is C45H60N4O11. The van der Waals surface area contributed by atoms with Crippen molar-refractivity contribution in [1.29, 1.82) is 0 Å². The Morgan fingerprint density at radius 2 is 1.60 bits per heavy atom. The average molecular weight is 833 g/mol. The quantitative estimate of drug-likeness (QED) is 0.190. The molecule has 0 aromatic heterocycles. The number of allylic oxidation sites excluding steroid dienone is 2. The molecule has 2 aromatic carbocycles. The van der Waals surface area contributed by atoms with E-state index in [0.717, 1.165) is 12.8 Å². The molecule has 15 heteroatoms. The summed E-state index contributed by atoms with van der Waals surface area (Å²) in [7, 11) is 0. The molecule has 15 nitrogen and oxygen atoms in total. The van der Waals surface area contributed by atoms with Crippen LogP contribution in [0.15, 0.2) is 46.1 Å². The maximum absolute atomic E-state index is 14.6. The van der Waals surface area contributed by atoms with Gasteiger partial charge in [0.25, 0.3) is 11.7 Å². The van der Waals surface area contributed by atoms with Crippen LogP contribution in [0.4, 0.5) is 5.69 Å². The second-order valence-corrected chi connectivity index (χ2v) is 17.7. The van der Waals surface area contributed by atoms with Crippen molar-refractivity contribution in [3.8, 4) is 17.2 Å². The van der Waals surface area contributed by atoms with E-state index < -0.39 is 88.7 Å². The van der Waals surface area contributed by atoms with E-state index in [0.29, 0.717) is 31.8 Å². The topological polar surface area (TPSA) is 220 Å². The molecule has 0 aliphatic carbocycles. The van der Waals surface area contributed by atoms with E-state index >= 15 is 0 Å². The molecule has 0 unspecified atom stereocenters. The SMILES string of the molecule is CC(=O)O[C@H]1[C@H](C)[C@H](O)[C@H](C)[C@@H](O)[C@@H](C)/C=C\C=C(\C)C(=O)Nc2c(O)c3c(O)c(C)c4c(c3c3c2=NC2(CCN(CC(C)C)CC2)N=3)C(=O)[C@@](C)(O/C=C\[C@H](O)[C@H]1C)O4. The Labute approximate surface area is 350 Å². The number of piperidine rings is 1. The van der Waals surface area contributed by atoms with Gasteiger partial charge in [0.15, 0.2) is 11.4 Å². The van der Waals surface area contributed by atoms with Crippen molar-refractivity contribution in [1.82, 2.24) is 4.90 Å². The minimum atomic E-state index is -2.01. The van der Waals surface area contributed by atoms with Gasteiger partial charge in [-0.25, -0.2) is 0 Å².